The topological polar surface area (TPSA) is 69.6 Å². The maximum Gasteiger partial charge on any atom is 0.417 e. The van der Waals surface area contributed by atoms with Gasteiger partial charge in [-0.3, -0.25) is 4.79 Å². The SMILES string of the molecule is Cl.O=C(O)C1CC(O)(C(F)(F)F)CCN1. The first kappa shape index (κ1) is 14.5. The first-order valence-electron chi connectivity index (χ1n) is 4.01. The average molecular weight is 250 g/mol. The molecule has 1 heterocycles. The summed E-state index contributed by atoms with van der Waals surface area (Å²) in [6, 6.07) is -1.34. The van der Waals surface area contributed by atoms with E-state index < -0.39 is 36.6 Å². The van der Waals surface area contributed by atoms with Crippen LogP contribution in [0, 0.1) is 0 Å². The molecule has 0 aromatic heterocycles. The number of rotatable bonds is 1. The van der Waals surface area contributed by atoms with Crippen LogP contribution in [0.2, 0.25) is 0 Å². The number of carbonyl (C=O) groups is 1. The number of carboxylic acids is 1. The van der Waals surface area contributed by atoms with E-state index in [9.17, 15) is 23.1 Å². The van der Waals surface area contributed by atoms with Gasteiger partial charge in [0.1, 0.15) is 6.04 Å². The van der Waals surface area contributed by atoms with Crippen LogP contribution in [0.25, 0.3) is 0 Å². The molecule has 0 bridgehead atoms. The Hall–Kier alpha value is -0.530. The predicted molar refractivity (Wildman–Crippen MR) is 46.9 cm³/mol. The Kier molecular flexibility index (Phi) is 4.38. The Morgan fingerprint density at radius 1 is 1.47 bits per heavy atom. The van der Waals surface area contributed by atoms with Crippen molar-refractivity contribution in [1.29, 1.82) is 0 Å². The van der Waals surface area contributed by atoms with Crippen molar-refractivity contribution in [2.75, 3.05) is 6.54 Å². The molecule has 1 fully saturated rings. The van der Waals surface area contributed by atoms with Gasteiger partial charge in [0.25, 0.3) is 0 Å². The second-order valence-electron chi connectivity index (χ2n) is 3.33. The van der Waals surface area contributed by atoms with E-state index in [1.165, 1.54) is 0 Å². The Labute approximate surface area is 89.9 Å². The molecule has 0 aliphatic carbocycles. The van der Waals surface area contributed by atoms with E-state index in [1.807, 2.05) is 0 Å². The molecule has 0 aromatic rings. The van der Waals surface area contributed by atoms with E-state index in [-0.39, 0.29) is 19.0 Å². The summed E-state index contributed by atoms with van der Waals surface area (Å²) in [6.07, 6.45) is -6.13. The molecule has 1 rings (SSSR count). The second-order valence-corrected chi connectivity index (χ2v) is 3.33. The summed E-state index contributed by atoms with van der Waals surface area (Å²) < 4.78 is 36.9. The zero-order valence-corrected chi connectivity index (χ0v) is 8.36. The third-order valence-electron chi connectivity index (χ3n) is 2.30. The molecule has 1 aliphatic rings. The number of halogens is 4. The first-order chi connectivity index (χ1) is 6.26. The monoisotopic (exact) mass is 249 g/mol. The van der Waals surface area contributed by atoms with E-state index in [1.54, 1.807) is 0 Å². The molecule has 2 atom stereocenters. The predicted octanol–water partition coefficient (Wildman–Crippen LogP) is 0.538. The summed E-state index contributed by atoms with van der Waals surface area (Å²) in [7, 11) is 0. The number of alkyl halides is 3. The largest absolute Gasteiger partial charge is 0.480 e. The van der Waals surface area contributed by atoms with Crippen LogP contribution in [0.4, 0.5) is 13.2 Å². The lowest BCUT2D eigenvalue weighted by atomic mass is 9.87. The second kappa shape index (κ2) is 4.54. The van der Waals surface area contributed by atoms with Crippen LogP contribution in [0.15, 0.2) is 0 Å². The zero-order valence-electron chi connectivity index (χ0n) is 7.54. The standard InChI is InChI=1S/C7H10F3NO3.ClH/c8-7(9,10)6(14)1-2-11-4(3-6)5(12)13;/h4,11,14H,1-3H2,(H,12,13);1H. The number of aliphatic hydroxyl groups is 1. The van der Waals surface area contributed by atoms with Gasteiger partial charge in [-0.1, -0.05) is 0 Å². The highest BCUT2D eigenvalue weighted by molar-refractivity contribution is 5.85. The lowest BCUT2D eigenvalue weighted by Crippen LogP contribution is -2.57. The molecule has 90 valence electrons. The fourth-order valence-corrected chi connectivity index (χ4v) is 1.40. The highest BCUT2D eigenvalue weighted by Gasteiger charge is 2.56. The van der Waals surface area contributed by atoms with Crippen LogP contribution in [0.5, 0.6) is 0 Å². The maximum absolute atomic E-state index is 12.3. The van der Waals surface area contributed by atoms with E-state index in [0.29, 0.717) is 0 Å². The van der Waals surface area contributed by atoms with Crippen molar-refractivity contribution in [3.63, 3.8) is 0 Å². The van der Waals surface area contributed by atoms with E-state index in [0.717, 1.165) is 0 Å². The van der Waals surface area contributed by atoms with Crippen molar-refractivity contribution in [3.05, 3.63) is 0 Å². The molecule has 2 unspecified atom stereocenters. The molecule has 1 aliphatic heterocycles. The molecular weight excluding hydrogens is 239 g/mol. The summed E-state index contributed by atoms with van der Waals surface area (Å²) in [4.78, 5) is 10.4. The molecule has 0 amide bonds. The normalized spacial score (nSPS) is 31.9. The summed E-state index contributed by atoms with van der Waals surface area (Å²) >= 11 is 0. The van der Waals surface area contributed by atoms with Crippen molar-refractivity contribution in [1.82, 2.24) is 5.32 Å². The molecule has 0 spiro atoms. The van der Waals surface area contributed by atoms with Crippen molar-refractivity contribution in [3.8, 4) is 0 Å². The van der Waals surface area contributed by atoms with E-state index in [2.05, 4.69) is 5.32 Å². The van der Waals surface area contributed by atoms with Crippen molar-refractivity contribution >= 4 is 18.4 Å². The molecule has 8 heteroatoms. The van der Waals surface area contributed by atoms with Crippen LogP contribution in [-0.4, -0.2) is 40.5 Å². The van der Waals surface area contributed by atoms with Gasteiger partial charge in [0, 0.05) is 6.42 Å². The van der Waals surface area contributed by atoms with Crippen molar-refractivity contribution < 1.29 is 28.2 Å². The number of nitrogens with one attached hydrogen (secondary N) is 1. The van der Waals surface area contributed by atoms with Gasteiger partial charge in [0.15, 0.2) is 5.60 Å². The fourth-order valence-electron chi connectivity index (χ4n) is 1.40. The van der Waals surface area contributed by atoms with Gasteiger partial charge < -0.3 is 15.5 Å². The number of hydrogen-bond donors (Lipinski definition) is 3. The number of carboxylic acid groups (broad SMARTS) is 1. The van der Waals surface area contributed by atoms with E-state index >= 15 is 0 Å². The highest BCUT2D eigenvalue weighted by Crippen LogP contribution is 2.38. The summed E-state index contributed by atoms with van der Waals surface area (Å²) in [5.74, 6) is -1.38. The lowest BCUT2D eigenvalue weighted by molar-refractivity contribution is -0.270. The van der Waals surface area contributed by atoms with E-state index in [4.69, 9.17) is 5.11 Å². The Balaban J connectivity index is 0.00000196. The first-order valence-corrected chi connectivity index (χ1v) is 4.01. The maximum atomic E-state index is 12.3. The third kappa shape index (κ3) is 2.96. The Bertz CT molecular complexity index is 248. The van der Waals surface area contributed by atoms with Gasteiger partial charge in [-0.2, -0.15) is 13.2 Å². The molecule has 15 heavy (non-hydrogen) atoms. The van der Waals surface area contributed by atoms with Gasteiger partial charge >= 0.3 is 12.1 Å². The van der Waals surface area contributed by atoms with Crippen molar-refractivity contribution in [2.45, 2.75) is 30.7 Å². The molecule has 0 aromatic carbocycles. The Morgan fingerprint density at radius 3 is 2.40 bits per heavy atom. The molecular formula is C7H11ClF3NO3. The summed E-state index contributed by atoms with van der Waals surface area (Å²) in [6.45, 7) is -0.160. The van der Waals surface area contributed by atoms with Gasteiger partial charge in [-0.05, 0) is 13.0 Å². The molecule has 4 nitrogen and oxygen atoms in total. The highest BCUT2D eigenvalue weighted by atomic mass is 35.5. The van der Waals surface area contributed by atoms with Gasteiger partial charge in [0.05, 0.1) is 0 Å². The summed E-state index contributed by atoms with van der Waals surface area (Å²) in [5, 5.41) is 20.1. The number of piperidine rings is 1. The van der Waals surface area contributed by atoms with Gasteiger partial charge in [0.2, 0.25) is 0 Å². The fraction of sp³-hybridized carbons (Fsp3) is 0.857. The molecule has 0 saturated carbocycles. The minimum atomic E-state index is -4.77. The lowest BCUT2D eigenvalue weighted by Gasteiger charge is -2.37. The zero-order chi connectivity index (χ0) is 11.0. The van der Waals surface area contributed by atoms with Crippen molar-refractivity contribution in [2.24, 2.45) is 0 Å². The summed E-state index contributed by atoms with van der Waals surface area (Å²) in [5.41, 5.74) is -2.87. The van der Waals surface area contributed by atoms with Crippen LogP contribution in [0.1, 0.15) is 12.8 Å². The molecule has 1 saturated heterocycles. The smallest absolute Gasteiger partial charge is 0.417 e. The quantitative estimate of drug-likeness (QED) is 0.634. The Morgan fingerprint density at radius 2 is 2.00 bits per heavy atom. The number of aliphatic carboxylic acids is 1. The minimum Gasteiger partial charge on any atom is -0.480 e. The average Bonchev–Trinajstić information content (AvgIpc) is 2.02. The van der Waals surface area contributed by atoms with Crippen LogP contribution < -0.4 is 5.32 Å². The van der Waals surface area contributed by atoms with Crippen LogP contribution in [-0.2, 0) is 4.79 Å². The molecule has 3 N–H and O–H groups in total. The van der Waals surface area contributed by atoms with Gasteiger partial charge in [-0.15, -0.1) is 12.4 Å². The van der Waals surface area contributed by atoms with Crippen LogP contribution in [0.3, 0.4) is 0 Å². The third-order valence-corrected chi connectivity index (χ3v) is 2.30. The molecule has 0 radical (unpaired) electrons. The number of hydrogen-bond acceptors (Lipinski definition) is 3. The van der Waals surface area contributed by atoms with Gasteiger partial charge in [-0.25, -0.2) is 0 Å². The van der Waals surface area contributed by atoms with Crippen LogP contribution >= 0.6 is 12.4 Å². The minimum absolute atomic E-state index is 0.